The molecule has 0 heterocycles. The van der Waals surface area contributed by atoms with E-state index in [1.807, 2.05) is 0 Å². The number of hydrogen-bond acceptors (Lipinski definition) is 5. The molecule has 0 unspecified atom stereocenters. The van der Waals surface area contributed by atoms with Crippen LogP contribution in [0.2, 0.25) is 0 Å². The molecule has 0 aromatic heterocycles. The lowest BCUT2D eigenvalue weighted by molar-refractivity contribution is -0.386. The second kappa shape index (κ2) is 7.25. The van der Waals surface area contributed by atoms with Crippen LogP contribution in [0.5, 0.6) is 5.75 Å². The first-order valence-corrected chi connectivity index (χ1v) is 7.71. The van der Waals surface area contributed by atoms with E-state index in [0.29, 0.717) is 12.8 Å². The Kier molecular flexibility index (Phi) is 5.34. The molecular weight excluding hydrogens is 317 g/mol. The van der Waals surface area contributed by atoms with Gasteiger partial charge in [0.15, 0.2) is 6.10 Å². The molecule has 0 bridgehead atoms. The Morgan fingerprint density at radius 3 is 2.71 bits per heavy atom. The van der Waals surface area contributed by atoms with Gasteiger partial charge >= 0.3 is 5.69 Å². The van der Waals surface area contributed by atoms with Crippen LogP contribution in [0.15, 0.2) is 18.2 Å². The van der Waals surface area contributed by atoms with Crippen LogP contribution in [0.25, 0.3) is 0 Å². The number of carbonyl (C=O) groups excluding carboxylic acids is 1. The van der Waals surface area contributed by atoms with Crippen molar-refractivity contribution in [1.82, 2.24) is 5.32 Å². The highest BCUT2D eigenvalue weighted by molar-refractivity contribution is 5.82. The maximum atomic E-state index is 13.3. The third-order valence-corrected chi connectivity index (χ3v) is 4.08. The van der Waals surface area contributed by atoms with E-state index in [2.05, 4.69) is 11.4 Å². The van der Waals surface area contributed by atoms with E-state index < -0.39 is 34.0 Å². The van der Waals surface area contributed by atoms with E-state index in [1.54, 1.807) is 0 Å². The van der Waals surface area contributed by atoms with Gasteiger partial charge in [-0.25, -0.2) is 4.39 Å². The number of nitrogens with one attached hydrogen (secondary N) is 1. The van der Waals surface area contributed by atoms with E-state index in [1.165, 1.54) is 6.92 Å². The summed E-state index contributed by atoms with van der Waals surface area (Å²) >= 11 is 0. The summed E-state index contributed by atoms with van der Waals surface area (Å²) in [6.07, 6.45) is 2.72. The molecule has 24 heavy (non-hydrogen) atoms. The smallest absolute Gasteiger partial charge is 0.311 e. The normalized spacial score (nSPS) is 17.4. The fraction of sp³-hybridized carbons (Fsp3) is 0.500. The highest BCUT2D eigenvalue weighted by Crippen LogP contribution is 2.30. The molecule has 0 radical (unpaired) electrons. The molecular formula is C16H18FN3O4. The van der Waals surface area contributed by atoms with Gasteiger partial charge in [-0.2, -0.15) is 5.26 Å². The zero-order valence-electron chi connectivity index (χ0n) is 13.3. The Bertz CT molecular complexity index is 680. The number of amides is 1. The summed E-state index contributed by atoms with van der Waals surface area (Å²) in [6, 6.07) is 4.94. The van der Waals surface area contributed by atoms with Crippen molar-refractivity contribution < 1.29 is 18.8 Å². The highest BCUT2D eigenvalue weighted by atomic mass is 19.1. The van der Waals surface area contributed by atoms with Crippen molar-refractivity contribution in [2.45, 2.75) is 50.7 Å². The number of nitro benzene ring substituents is 1. The molecule has 1 aliphatic carbocycles. The van der Waals surface area contributed by atoms with Crippen LogP contribution >= 0.6 is 0 Å². The first kappa shape index (κ1) is 17.7. The van der Waals surface area contributed by atoms with Crippen molar-refractivity contribution in [3.63, 3.8) is 0 Å². The van der Waals surface area contributed by atoms with Gasteiger partial charge in [0, 0.05) is 12.1 Å². The highest BCUT2D eigenvalue weighted by Gasteiger charge is 2.35. The van der Waals surface area contributed by atoms with Gasteiger partial charge in [0.1, 0.15) is 11.4 Å². The maximum absolute atomic E-state index is 13.3. The molecule has 1 aliphatic rings. The Labute approximate surface area is 138 Å². The van der Waals surface area contributed by atoms with Crippen molar-refractivity contribution in [2.75, 3.05) is 0 Å². The van der Waals surface area contributed by atoms with Crippen LogP contribution in [-0.4, -0.2) is 22.5 Å². The lowest BCUT2D eigenvalue weighted by Crippen LogP contribution is -2.52. The second-order valence-electron chi connectivity index (χ2n) is 5.87. The molecule has 1 aromatic rings. The van der Waals surface area contributed by atoms with Crippen LogP contribution in [0, 0.1) is 27.3 Å². The quantitative estimate of drug-likeness (QED) is 0.658. The zero-order chi connectivity index (χ0) is 17.7. The summed E-state index contributed by atoms with van der Waals surface area (Å²) in [4.78, 5) is 22.5. The summed E-state index contributed by atoms with van der Waals surface area (Å²) in [5, 5.41) is 23.0. The number of carbonyl (C=O) groups is 1. The summed E-state index contributed by atoms with van der Waals surface area (Å²) in [5.41, 5.74) is -1.36. The van der Waals surface area contributed by atoms with E-state index in [4.69, 9.17) is 4.74 Å². The number of nitriles is 1. The van der Waals surface area contributed by atoms with Crippen LogP contribution < -0.4 is 10.1 Å². The molecule has 0 spiro atoms. The topological polar surface area (TPSA) is 105 Å². The number of ether oxygens (including phenoxy) is 1. The summed E-state index contributed by atoms with van der Waals surface area (Å²) in [5.74, 6) is -1.58. The Balaban J connectivity index is 2.11. The van der Waals surface area contributed by atoms with E-state index in [-0.39, 0.29) is 5.75 Å². The average Bonchev–Trinajstić information content (AvgIpc) is 2.55. The maximum Gasteiger partial charge on any atom is 0.311 e. The van der Waals surface area contributed by atoms with Gasteiger partial charge in [-0.3, -0.25) is 14.9 Å². The zero-order valence-corrected chi connectivity index (χ0v) is 13.3. The molecule has 0 aliphatic heterocycles. The standard InChI is InChI=1S/C16H18FN3O4/c1-11(15(21)19-16(10-18)7-3-2-4-8-16)24-14-9-12(17)5-6-13(14)20(22)23/h5-6,9,11H,2-4,7-8H2,1H3,(H,19,21)/t11-/m0/s1. The first-order chi connectivity index (χ1) is 11.4. The average molecular weight is 335 g/mol. The Morgan fingerprint density at radius 2 is 2.12 bits per heavy atom. The van der Waals surface area contributed by atoms with Crippen LogP contribution in [0.1, 0.15) is 39.0 Å². The number of nitro groups is 1. The van der Waals surface area contributed by atoms with Gasteiger partial charge in [0.25, 0.3) is 5.91 Å². The minimum absolute atomic E-state index is 0.322. The van der Waals surface area contributed by atoms with Crippen molar-refractivity contribution in [3.8, 4) is 11.8 Å². The minimum Gasteiger partial charge on any atom is -0.474 e. The molecule has 1 atom stereocenters. The summed E-state index contributed by atoms with van der Waals surface area (Å²) in [6.45, 7) is 1.40. The van der Waals surface area contributed by atoms with Crippen LogP contribution in [0.4, 0.5) is 10.1 Å². The van der Waals surface area contributed by atoms with Crippen LogP contribution in [0.3, 0.4) is 0 Å². The third-order valence-electron chi connectivity index (χ3n) is 4.08. The van der Waals surface area contributed by atoms with Crippen molar-refractivity contribution in [3.05, 3.63) is 34.1 Å². The van der Waals surface area contributed by atoms with Crippen molar-refractivity contribution >= 4 is 11.6 Å². The molecule has 1 N–H and O–H groups in total. The van der Waals surface area contributed by atoms with E-state index in [9.17, 15) is 24.6 Å². The number of halogens is 1. The van der Waals surface area contributed by atoms with Gasteiger partial charge in [-0.1, -0.05) is 19.3 Å². The molecule has 2 rings (SSSR count). The minimum atomic E-state index is -1.10. The molecule has 1 amide bonds. The van der Waals surface area contributed by atoms with Gasteiger partial charge in [0.05, 0.1) is 11.0 Å². The molecule has 1 saturated carbocycles. The number of benzene rings is 1. The first-order valence-electron chi connectivity index (χ1n) is 7.71. The molecule has 1 aromatic carbocycles. The molecule has 1 fully saturated rings. The monoisotopic (exact) mass is 335 g/mol. The third kappa shape index (κ3) is 3.98. The molecule has 128 valence electrons. The van der Waals surface area contributed by atoms with Crippen LogP contribution in [-0.2, 0) is 4.79 Å². The van der Waals surface area contributed by atoms with Crippen molar-refractivity contribution in [1.29, 1.82) is 5.26 Å². The van der Waals surface area contributed by atoms with Gasteiger partial charge in [-0.15, -0.1) is 0 Å². The summed E-state index contributed by atoms with van der Waals surface area (Å²) in [7, 11) is 0. The second-order valence-corrected chi connectivity index (χ2v) is 5.87. The largest absolute Gasteiger partial charge is 0.474 e. The lowest BCUT2D eigenvalue weighted by atomic mass is 9.83. The fourth-order valence-corrected chi connectivity index (χ4v) is 2.73. The lowest BCUT2D eigenvalue weighted by Gasteiger charge is -2.32. The predicted octanol–water partition coefficient (Wildman–Crippen LogP) is 2.84. The molecule has 8 heteroatoms. The molecule has 7 nitrogen and oxygen atoms in total. The fourth-order valence-electron chi connectivity index (χ4n) is 2.73. The Morgan fingerprint density at radius 1 is 1.46 bits per heavy atom. The number of hydrogen-bond donors (Lipinski definition) is 1. The van der Waals surface area contributed by atoms with Gasteiger partial charge in [-0.05, 0) is 25.8 Å². The summed E-state index contributed by atoms with van der Waals surface area (Å²) < 4.78 is 18.6. The van der Waals surface area contributed by atoms with Crippen molar-refractivity contribution in [2.24, 2.45) is 0 Å². The predicted molar refractivity (Wildman–Crippen MR) is 82.7 cm³/mol. The van der Waals surface area contributed by atoms with E-state index >= 15 is 0 Å². The number of rotatable bonds is 5. The van der Waals surface area contributed by atoms with Gasteiger partial charge in [0.2, 0.25) is 5.75 Å². The van der Waals surface area contributed by atoms with Gasteiger partial charge < -0.3 is 10.1 Å². The SMILES string of the molecule is C[C@H](Oc1cc(F)ccc1[N+](=O)[O-])C(=O)NC1(C#N)CCCCC1. The van der Waals surface area contributed by atoms with E-state index in [0.717, 1.165) is 37.5 Å². The molecule has 0 saturated heterocycles. The number of nitrogens with zero attached hydrogens (tertiary/aromatic N) is 2. The Hall–Kier alpha value is -2.69.